The number of carboxylic acids is 1. The monoisotopic (exact) mass is 304 g/mol. The third-order valence-corrected chi connectivity index (χ3v) is 4.00. The maximum absolute atomic E-state index is 12.4. The van der Waals surface area contributed by atoms with E-state index in [4.69, 9.17) is 9.52 Å². The molecule has 0 aliphatic carbocycles. The van der Waals surface area contributed by atoms with Crippen molar-refractivity contribution in [2.45, 2.75) is 25.4 Å². The maximum Gasteiger partial charge on any atom is 0.335 e. The van der Waals surface area contributed by atoms with Crippen molar-refractivity contribution in [1.29, 1.82) is 0 Å². The van der Waals surface area contributed by atoms with Crippen LogP contribution >= 0.6 is 0 Å². The Labute approximate surface area is 126 Å². The summed E-state index contributed by atoms with van der Waals surface area (Å²) in [6.45, 7) is 2.20. The second kappa shape index (κ2) is 5.10. The van der Waals surface area contributed by atoms with Crippen molar-refractivity contribution in [3.8, 4) is 0 Å². The smallest absolute Gasteiger partial charge is 0.335 e. The number of aliphatic hydroxyl groups is 1. The first-order chi connectivity index (χ1) is 10.4. The van der Waals surface area contributed by atoms with Gasteiger partial charge in [-0.1, -0.05) is 0 Å². The fourth-order valence-electron chi connectivity index (χ4n) is 2.58. The summed E-state index contributed by atoms with van der Waals surface area (Å²) in [5.41, 5.74) is 0.232. The number of furan rings is 1. The molecule has 22 heavy (non-hydrogen) atoms. The van der Waals surface area contributed by atoms with Crippen molar-refractivity contribution >= 4 is 23.0 Å². The highest BCUT2D eigenvalue weighted by molar-refractivity contribution is 5.95. The van der Waals surface area contributed by atoms with E-state index in [9.17, 15) is 14.7 Å². The Morgan fingerprint density at radius 2 is 2.00 bits per heavy atom. The Hall–Kier alpha value is -2.41. The number of piperidine rings is 1. The van der Waals surface area contributed by atoms with Gasteiger partial charge >= 0.3 is 5.97 Å². The zero-order valence-corrected chi connectivity index (χ0v) is 12.1. The molecule has 1 fully saturated rings. The van der Waals surface area contributed by atoms with Crippen molar-refractivity contribution in [2.24, 2.45) is 0 Å². The molecule has 0 radical (unpaired) electrons. The number of carbonyl (C=O) groups excluding carboxylic acids is 1. The second-order valence-electron chi connectivity index (χ2n) is 5.58. The normalized spacial score (nSPS) is 17.6. The van der Waals surface area contributed by atoms with E-state index in [1.165, 1.54) is 4.90 Å². The first kappa shape index (κ1) is 14.5. The number of carbonyl (C=O) groups is 2. The Balaban J connectivity index is 1.78. The van der Waals surface area contributed by atoms with Crippen LogP contribution in [0.4, 0.5) is 0 Å². The average Bonchev–Trinajstić information content (AvgIpc) is 2.90. The molecule has 0 bridgehead atoms. The van der Waals surface area contributed by atoms with Gasteiger partial charge in [0.1, 0.15) is 5.52 Å². The highest BCUT2D eigenvalue weighted by atomic mass is 16.4. The zero-order valence-electron chi connectivity index (χ0n) is 12.1. The number of likely N-dealkylation sites (tertiary alicyclic amines) is 1. The van der Waals surface area contributed by atoms with E-state index in [1.54, 1.807) is 18.2 Å². The second-order valence-corrected chi connectivity index (χ2v) is 5.58. The molecular formula is C15H16N2O5. The van der Waals surface area contributed by atoms with Gasteiger partial charge in [0.2, 0.25) is 0 Å². The van der Waals surface area contributed by atoms with E-state index in [0.717, 1.165) is 5.69 Å². The van der Waals surface area contributed by atoms with Crippen LogP contribution in [0.25, 0.3) is 11.1 Å². The lowest BCUT2D eigenvalue weighted by Crippen LogP contribution is -2.50. The first-order valence-corrected chi connectivity index (χ1v) is 7.01. The summed E-state index contributed by atoms with van der Waals surface area (Å²) in [5.74, 6) is -1.39. The average molecular weight is 304 g/mol. The van der Waals surface area contributed by atoms with Crippen molar-refractivity contribution < 1.29 is 24.2 Å². The molecule has 0 atom stereocenters. The van der Waals surface area contributed by atoms with Crippen LogP contribution in [0.2, 0.25) is 0 Å². The highest BCUT2D eigenvalue weighted by Crippen LogP contribution is 2.25. The van der Waals surface area contributed by atoms with Gasteiger partial charge in [0.25, 0.3) is 5.91 Å². The Morgan fingerprint density at radius 1 is 1.32 bits per heavy atom. The van der Waals surface area contributed by atoms with E-state index in [0.29, 0.717) is 11.1 Å². The number of aliphatic carboxylic acids is 1. The molecule has 3 heterocycles. The number of hydrogen-bond acceptors (Lipinski definition) is 5. The van der Waals surface area contributed by atoms with Gasteiger partial charge in [-0.25, -0.2) is 9.78 Å². The molecule has 116 valence electrons. The van der Waals surface area contributed by atoms with Crippen LogP contribution in [0.15, 0.2) is 22.6 Å². The quantitative estimate of drug-likeness (QED) is 0.863. The minimum Gasteiger partial charge on any atom is -0.479 e. The lowest BCUT2D eigenvalue weighted by Gasteiger charge is -2.34. The lowest BCUT2D eigenvalue weighted by atomic mass is 9.91. The summed E-state index contributed by atoms with van der Waals surface area (Å²) in [6.07, 6.45) is 0.0112. The lowest BCUT2D eigenvalue weighted by molar-refractivity contribution is -0.162. The SMILES string of the molecule is Cc1ccc2oc(C(=O)N3CCC(O)(C(=O)O)CC3)cc2n1. The predicted octanol–water partition coefficient (Wildman–Crippen LogP) is 1.19. The molecule has 0 spiro atoms. The standard InChI is InChI=1S/C15H16N2O5/c1-9-2-3-11-10(16-9)8-12(22-11)13(18)17-6-4-15(21,5-7-17)14(19)20/h2-3,8,21H,4-7H2,1H3,(H,19,20). The fraction of sp³-hybridized carbons (Fsp3) is 0.400. The van der Waals surface area contributed by atoms with Crippen LogP contribution in [0, 0.1) is 6.92 Å². The van der Waals surface area contributed by atoms with E-state index in [1.807, 2.05) is 6.92 Å². The zero-order chi connectivity index (χ0) is 15.9. The summed E-state index contributed by atoms with van der Waals surface area (Å²) < 4.78 is 5.50. The topological polar surface area (TPSA) is 104 Å². The van der Waals surface area contributed by atoms with Crippen LogP contribution in [-0.4, -0.2) is 50.7 Å². The van der Waals surface area contributed by atoms with Crippen molar-refractivity contribution in [3.05, 3.63) is 29.7 Å². The van der Waals surface area contributed by atoms with Crippen LogP contribution in [-0.2, 0) is 4.79 Å². The minimum absolute atomic E-state index is 0.00561. The van der Waals surface area contributed by atoms with E-state index < -0.39 is 11.6 Å². The molecule has 0 saturated carbocycles. The van der Waals surface area contributed by atoms with Crippen LogP contribution in [0.1, 0.15) is 29.1 Å². The highest BCUT2D eigenvalue weighted by Gasteiger charge is 2.40. The van der Waals surface area contributed by atoms with Crippen LogP contribution < -0.4 is 0 Å². The van der Waals surface area contributed by atoms with Crippen LogP contribution in [0.3, 0.4) is 0 Å². The molecule has 2 N–H and O–H groups in total. The molecule has 7 heteroatoms. The predicted molar refractivity (Wildman–Crippen MR) is 76.5 cm³/mol. The van der Waals surface area contributed by atoms with E-state index in [2.05, 4.69) is 4.98 Å². The molecular weight excluding hydrogens is 288 g/mol. The van der Waals surface area contributed by atoms with Gasteiger partial charge in [0.15, 0.2) is 16.9 Å². The number of nitrogens with zero attached hydrogens (tertiary/aromatic N) is 2. The molecule has 1 saturated heterocycles. The number of carboxylic acid groups (broad SMARTS) is 1. The molecule has 2 aromatic heterocycles. The van der Waals surface area contributed by atoms with Gasteiger partial charge in [-0.2, -0.15) is 0 Å². The Bertz CT molecular complexity index is 743. The van der Waals surface area contributed by atoms with Crippen molar-refractivity contribution in [3.63, 3.8) is 0 Å². The molecule has 0 aromatic carbocycles. The van der Waals surface area contributed by atoms with Gasteiger partial charge in [-0.15, -0.1) is 0 Å². The maximum atomic E-state index is 12.4. The summed E-state index contributed by atoms with van der Waals surface area (Å²) in [6, 6.07) is 5.14. The first-order valence-electron chi connectivity index (χ1n) is 7.01. The third kappa shape index (κ3) is 2.43. The fourth-order valence-corrected chi connectivity index (χ4v) is 2.58. The largest absolute Gasteiger partial charge is 0.479 e. The summed E-state index contributed by atoms with van der Waals surface area (Å²) in [4.78, 5) is 29.2. The van der Waals surface area contributed by atoms with Gasteiger partial charge < -0.3 is 19.5 Å². The number of aryl methyl sites for hydroxylation is 1. The summed E-state index contributed by atoms with van der Waals surface area (Å²) in [7, 11) is 0. The summed E-state index contributed by atoms with van der Waals surface area (Å²) in [5, 5.41) is 18.9. The number of fused-ring (bicyclic) bond motifs is 1. The van der Waals surface area contributed by atoms with E-state index in [-0.39, 0.29) is 37.6 Å². The summed E-state index contributed by atoms with van der Waals surface area (Å²) >= 11 is 0. The molecule has 2 aromatic rings. The molecule has 1 aliphatic heterocycles. The van der Waals surface area contributed by atoms with Crippen molar-refractivity contribution in [1.82, 2.24) is 9.88 Å². The van der Waals surface area contributed by atoms with E-state index >= 15 is 0 Å². The molecule has 0 unspecified atom stereocenters. The Kier molecular flexibility index (Phi) is 3.37. The number of pyridine rings is 1. The molecule has 1 aliphatic rings. The van der Waals surface area contributed by atoms with Gasteiger partial charge in [-0.3, -0.25) is 4.79 Å². The minimum atomic E-state index is -1.75. The number of rotatable bonds is 2. The molecule has 1 amide bonds. The molecule has 7 nitrogen and oxygen atoms in total. The van der Waals surface area contributed by atoms with Gasteiger partial charge in [0.05, 0.1) is 0 Å². The van der Waals surface area contributed by atoms with Crippen molar-refractivity contribution in [2.75, 3.05) is 13.1 Å². The number of aromatic nitrogens is 1. The molecule has 3 rings (SSSR count). The van der Waals surface area contributed by atoms with Gasteiger partial charge in [-0.05, 0) is 19.1 Å². The van der Waals surface area contributed by atoms with Crippen LogP contribution in [0.5, 0.6) is 0 Å². The Morgan fingerprint density at radius 3 is 2.64 bits per heavy atom. The number of hydrogen-bond donors (Lipinski definition) is 2. The van der Waals surface area contributed by atoms with Gasteiger partial charge in [0, 0.05) is 37.7 Å². The third-order valence-electron chi connectivity index (χ3n) is 4.00. The number of amides is 1.